The molecule has 5 nitrogen and oxygen atoms in total. The number of rotatable bonds is 6. The van der Waals surface area contributed by atoms with Crippen LogP contribution in [0.2, 0.25) is 0 Å². The van der Waals surface area contributed by atoms with E-state index in [1.807, 2.05) is 24.3 Å². The Morgan fingerprint density at radius 1 is 1.22 bits per heavy atom. The van der Waals surface area contributed by atoms with Gasteiger partial charge in [-0.3, -0.25) is 19.8 Å². The number of nitro benzene ring substituents is 1. The zero-order chi connectivity index (χ0) is 19.4. The van der Waals surface area contributed by atoms with Gasteiger partial charge in [0.15, 0.2) is 4.32 Å². The molecule has 2 aromatic carbocycles. The van der Waals surface area contributed by atoms with Crippen molar-refractivity contribution in [1.29, 1.82) is 0 Å². The fourth-order valence-corrected chi connectivity index (χ4v) is 4.06. The standard InChI is InChI=1S/C20H18N2O3S2/c1-2-3-5-14-8-10-16(11-9-14)21-19(23)18(27-20(21)26)13-15-6-4-7-17(12-15)22(24)25/h4,6-13H,2-3,5H2,1H3/b18-13-. The third kappa shape index (κ3) is 4.43. The number of non-ortho nitro benzene ring substituents is 1. The van der Waals surface area contributed by atoms with Crippen molar-refractivity contribution in [2.75, 3.05) is 4.90 Å². The number of amides is 1. The molecule has 1 amide bonds. The quantitative estimate of drug-likeness (QED) is 0.284. The number of thioether (sulfide) groups is 1. The van der Waals surface area contributed by atoms with E-state index >= 15 is 0 Å². The van der Waals surface area contributed by atoms with Gasteiger partial charge in [0.1, 0.15) is 0 Å². The van der Waals surface area contributed by atoms with Gasteiger partial charge in [-0.1, -0.05) is 61.6 Å². The first kappa shape index (κ1) is 19.3. The van der Waals surface area contributed by atoms with Crippen LogP contribution in [0.5, 0.6) is 0 Å². The fourth-order valence-electron chi connectivity index (χ4n) is 2.76. The third-order valence-corrected chi connectivity index (χ3v) is 5.49. The molecule has 0 saturated carbocycles. The van der Waals surface area contributed by atoms with Crippen molar-refractivity contribution in [3.05, 3.63) is 74.7 Å². The molecule has 138 valence electrons. The zero-order valence-corrected chi connectivity index (χ0v) is 16.4. The van der Waals surface area contributed by atoms with Crippen LogP contribution in [-0.2, 0) is 11.2 Å². The molecule has 1 aliphatic rings. The summed E-state index contributed by atoms with van der Waals surface area (Å²) in [4.78, 5) is 25.2. The number of thiocarbonyl (C=S) groups is 1. The highest BCUT2D eigenvalue weighted by Gasteiger charge is 2.33. The van der Waals surface area contributed by atoms with Crippen LogP contribution in [0.3, 0.4) is 0 Å². The zero-order valence-electron chi connectivity index (χ0n) is 14.8. The second-order valence-electron chi connectivity index (χ2n) is 6.14. The van der Waals surface area contributed by atoms with Crippen molar-refractivity contribution >= 4 is 51.7 Å². The minimum atomic E-state index is -0.456. The monoisotopic (exact) mass is 398 g/mol. The van der Waals surface area contributed by atoms with Crippen LogP contribution in [-0.4, -0.2) is 15.2 Å². The van der Waals surface area contributed by atoms with Crippen molar-refractivity contribution in [2.45, 2.75) is 26.2 Å². The average molecular weight is 399 g/mol. The molecule has 0 N–H and O–H groups in total. The van der Waals surface area contributed by atoms with Gasteiger partial charge in [0, 0.05) is 12.1 Å². The smallest absolute Gasteiger partial charge is 0.268 e. The molecule has 0 bridgehead atoms. The summed E-state index contributed by atoms with van der Waals surface area (Å²) in [7, 11) is 0. The first-order chi connectivity index (χ1) is 13.0. The Morgan fingerprint density at radius 2 is 1.96 bits per heavy atom. The van der Waals surface area contributed by atoms with E-state index in [2.05, 4.69) is 6.92 Å². The number of nitro groups is 1. The summed E-state index contributed by atoms with van der Waals surface area (Å²) < 4.78 is 0.456. The fraction of sp³-hybridized carbons (Fsp3) is 0.200. The molecular weight excluding hydrogens is 380 g/mol. The van der Waals surface area contributed by atoms with E-state index in [9.17, 15) is 14.9 Å². The number of nitrogens with zero attached hydrogens (tertiary/aromatic N) is 2. The minimum Gasteiger partial charge on any atom is -0.268 e. The minimum absolute atomic E-state index is 0.0121. The highest BCUT2D eigenvalue weighted by Crippen LogP contribution is 2.36. The first-order valence-corrected chi connectivity index (χ1v) is 9.83. The number of benzene rings is 2. The summed E-state index contributed by atoms with van der Waals surface area (Å²) in [5, 5.41) is 10.9. The molecule has 2 aromatic rings. The molecule has 1 saturated heterocycles. The molecule has 0 spiro atoms. The predicted molar refractivity (Wildman–Crippen MR) is 114 cm³/mol. The van der Waals surface area contributed by atoms with E-state index in [1.165, 1.54) is 34.4 Å². The first-order valence-electron chi connectivity index (χ1n) is 8.61. The number of unbranched alkanes of at least 4 members (excludes halogenated alkanes) is 1. The molecule has 27 heavy (non-hydrogen) atoms. The van der Waals surface area contributed by atoms with Gasteiger partial charge in [-0.25, -0.2) is 0 Å². The van der Waals surface area contributed by atoms with Crippen LogP contribution in [0.15, 0.2) is 53.4 Å². The number of aryl methyl sites for hydroxylation is 1. The van der Waals surface area contributed by atoms with E-state index in [-0.39, 0.29) is 11.6 Å². The normalized spacial score (nSPS) is 15.6. The maximum Gasteiger partial charge on any atom is 0.270 e. The summed E-state index contributed by atoms with van der Waals surface area (Å²) in [5.41, 5.74) is 2.56. The largest absolute Gasteiger partial charge is 0.270 e. The number of carbonyl (C=O) groups excluding carboxylic acids is 1. The SMILES string of the molecule is CCCCc1ccc(N2C(=O)/C(=C/c3cccc([N+](=O)[O-])c3)SC2=S)cc1. The van der Waals surface area contributed by atoms with E-state index in [1.54, 1.807) is 18.2 Å². The van der Waals surface area contributed by atoms with Crippen LogP contribution in [0.4, 0.5) is 11.4 Å². The van der Waals surface area contributed by atoms with Crippen LogP contribution in [0.25, 0.3) is 6.08 Å². The van der Waals surface area contributed by atoms with Crippen LogP contribution >= 0.6 is 24.0 Å². The van der Waals surface area contributed by atoms with Gasteiger partial charge in [0.2, 0.25) is 0 Å². The van der Waals surface area contributed by atoms with Crippen molar-refractivity contribution in [3.63, 3.8) is 0 Å². The van der Waals surface area contributed by atoms with Crippen LogP contribution < -0.4 is 4.90 Å². The molecule has 0 atom stereocenters. The summed E-state index contributed by atoms with van der Waals surface area (Å²) in [6, 6.07) is 14.0. The molecule has 0 radical (unpaired) electrons. The lowest BCUT2D eigenvalue weighted by Crippen LogP contribution is -2.27. The number of hydrogen-bond acceptors (Lipinski definition) is 5. The molecule has 0 aliphatic carbocycles. The summed E-state index contributed by atoms with van der Waals surface area (Å²) in [6.07, 6.45) is 4.93. The van der Waals surface area contributed by atoms with E-state index < -0.39 is 4.92 Å². The molecule has 0 unspecified atom stereocenters. The lowest BCUT2D eigenvalue weighted by Gasteiger charge is -2.15. The van der Waals surface area contributed by atoms with Crippen molar-refractivity contribution in [3.8, 4) is 0 Å². The molecule has 7 heteroatoms. The Hall–Kier alpha value is -2.51. The van der Waals surface area contributed by atoms with Crippen molar-refractivity contribution < 1.29 is 9.72 Å². The Kier molecular flexibility index (Phi) is 6.03. The molecule has 1 heterocycles. The maximum absolute atomic E-state index is 12.8. The topological polar surface area (TPSA) is 63.5 Å². The van der Waals surface area contributed by atoms with Crippen molar-refractivity contribution in [1.82, 2.24) is 0 Å². The van der Waals surface area contributed by atoms with E-state index in [0.29, 0.717) is 14.8 Å². The number of hydrogen-bond donors (Lipinski definition) is 0. The lowest BCUT2D eigenvalue weighted by molar-refractivity contribution is -0.384. The Morgan fingerprint density at radius 3 is 2.63 bits per heavy atom. The summed E-state index contributed by atoms with van der Waals surface area (Å²) in [5.74, 6) is -0.210. The highest BCUT2D eigenvalue weighted by molar-refractivity contribution is 8.27. The Labute approximate surface area is 167 Å². The summed E-state index contributed by atoms with van der Waals surface area (Å²) >= 11 is 6.58. The summed E-state index contributed by atoms with van der Waals surface area (Å²) in [6.45, 7) is 2.15. The van der Waals surface area contributed by atoms with Gasteiger partial charge in [-0.2, -0.15) is 0 Å². The Balaban J connectivity index is 1.82. The van der Waals surface area contributed by atoms with Gasteiger partial charge >= 0.3 is 0 Å². The molecule has 1 aliphatic heterocycles. The number of carbonyl (C=O) groups is 1. The molecule has 1 fully saturated rings. The van der Waals surface area contributed by atoms with Crippen LogP contribution in [0, 0.1) is 10.1 Å². The van der Waals surface area contributed by atoms with Gasteiger partial charge in [0.25, 0.3) is 11.6 Å². The molecular formula is C20H18N2O3S2. The van der Waals surface area contributed by atoms with Gasteiger partial charge in [-0.05, 0) is 42.2 Å². The molecule has 0 aromatic heterocycles. The van der Waals surface area contributed by atoms with Crippen molar-refractivity contribution in [2.24, 2.45) is 0 Å². The lowest BCUT2D eigenvalue weighted by atomic mass is 10.1. The Bertz CT molecular complexity index is 923. The van der Waals surface area contributed by atoms with E-state index in [4.69, 9.17) is 12.2 Å². The maximum atomic E-state index is 12.8. The molecule has 3 rings (SSSR count). The third-order valence-electron chi connectivity index (χ3n) is 4.19. The second kappa shape index (κ2) is 8.45. The average Bonchev–Trinajstić information content (AvgIpc) is 2.94. The highest BCUT2D eigenvalue weighted by atomic mass is 32.2. The predicted octanol–water partition coefficient (Wildman–Crippen LogP) is 5.34. The van der Waals surface area contributed by atoms with Gasteiger partial charge in [-0.15, -0.1) is 0 Å². The van der Waals surface area contributed by atoms with E-state index in [0.717, 1.165) is 24.9 Å². The second-order valence-corrected chi connectivity index (χ2v) is 7.81. The van der Waals surface area contributed by atoms with Crippen LogP contribution in [0.1, 0.15) is 30.9 Å². The van der Waals surface area contributed by atoms with Gasteiger partial charge in [0.05, 0.1) is 15.5 Å². The van der Waals surface area contributed by atoms with Gasteiger partial charge < -0.3 is 0 Å². The number of anilines is 1.